The van der Waals surface area contributed by atoms with Crippen LogP contribution in [0, 0.1) is 0 Å². The molecule has 2 aliphatic heterocycles. The summed E-state index contributed by atoms with van der Waals surface area (Å²) in [4.78, 5) is 2.42. The van der Waals surface area contributed by atoms with Crippen LogP contribution in [0.2, 0.25) is 0 Å². The molecule has 3 rings (SSSR count). The van der Waals surface area contributed by atoms with Crippen LogP contribution >= 0.6 is 0 Å². The molecule has 2 aliphatic rings. The van der Waals surface area contributed by atoms with E-state index in [1.165, 1.54) is 0 Å². The first kappa shape index (κ1) is 10.9. The lowest BCUT2D eigenvalue weighted by atomic mass is 9.98. The van der Waals surface area contributed by atoms with Gasteiger partial charge in [-0.25, -0.2) is 0 Å². The fraction of sp³-hybridized carbons (Fsp3) is 0.538. The number of ether oxygens (including phenoxy) is 2. The number of aromatic hydroxyl groups is 1. The van der Waals surface area contributed by atoms with Crippen LogP contribution in [0.3, 0.4) is 0 Å². The van der Waals surface area contributed by atoms with Gasteiger partial charge in [-0.3, -0.25) is 4.90 Å². The van der Waals surface area contributed by atoms with Crippen molar-refractivity contribution in [3.8, 4) is 11.5 Å². The number of phenols is 1. The van der Waals surface area contributed by atoms with Gasteiger partial charge in [-0.15, -0.1) is 0 Å². The van der Waals surface area contributed by atoms with Crippen LogP contribution in [0.25, 0.3) is 0 Å². The van der Waals surface area contributed by atoms with Gasteiger partial charge in [-0.1, -0.05) is 12.1 Å². The number of nitrogens with zero attached hydrogens (tertiary/aromatic N) is 1. The van der Waals surface area contributed by atoms with Crippen LogP contribution in [0.4, 0.5) is 0 Å². The number of rotatable bonds is 1. The lowest BCUT2D eigenvalue weighted by Gasteiger charge is -2.37. The van der Waals surface area contributed by atoms with Gasteiger partial charge in [-0.05, 0) is 6.07 Å². The number of phenolic OH excluding ortho intramolecular Hbond substituents is 1. The van der Waals surface area contributed by atoms with Crippen molar-refractivity contribution < 1.29 is 14.6 Å². The van der Waals surface area contributed by atoms with E-state index in [4.69, 9.17) is 9.47 Å². The van der Waals surface area contributed by atoms with Crippen molar-refractivity contribution in [2.24, 2.45) is 0 Å². The second-order valence-corrected chi connectivity index (χ2v) is 4.50. The Hall–Kier alpha value is -1.26. The predicted octanol–water partition coefficient (Wildman–Crippen LogP) is 1.55. The minimum absolute atomic E-state index is 0.250. The summed E-state index contributed by atoms with van der Waals surface area (Å²) in [6.07, 6.45) is 0.983. The van der Waals surface area contributed by atoms with Gasteiger partial charge in [0, 0.05) is 31.1 Å². The summed E-state index contributed by atoms with van der Waals surface area (Å²) in [6.45, 7) is 4.18. The predicted molar refractivity (Wildman–Crippen MR) is 63.4 cm³/mol. The fourth-order valence-corrected chi connectivity index (χ4v) is 2.66. The second kappa shape index (κ2) is 4.55. The van der Waals surface area contributed by atoms with Gasteiger partial charge >= 0.3 is 0 Å². The molecule has 0 saturated carbocycles. The molecule has 17 heavy (non-hydrogen) atoms. The molecule has 1 atom stereocenters. The largest absolute Gasteiger partial charge is 0.504 e. The van der Waals surface area contributed by atoms with E-state index in [2.05, 4.69) is 4.90 Å². The van der Waals surface area contributed by atoms with Crippen molar-refractivity contribution >= 4 is 0 Å². The zero-order valence-corrected chi connectivity index (χ0v) is 9.76. The van der Waals surface area contributed by atoms with E-state index in [-0.39, 0.29) is 5.75 Å². The zero-order chi connectivity index (χ0) is 11.7. The first-order valence-electron chi connectivity index (χ1n) is 6.13. The normalized spacial score (nSPS) is 25.1. The fourth-order valence-electron chi connectivity index (χ4n) is 2.66. The maximum atomic E-state index is 9.80. The summed E-state index contributed by atoms with van der Waals surface area (Å²) in [7, 11) is 0. The summed E-state index contributed by atoms with van der Waals surface area (Å²) in [5, 5.41) is 9.80. The lowest BCUT2D eigenvalue weighted by molar-refractivity contribution is 0.00683. The van der Waals surface area contributed by atoms with Crippen molar-refractivity contribution in [2.45, 2.75) is 12.5 Å². The Morgan fingerprint density at radius 2 is 2.00 bits per heavy atom. The molecule has 0 bridgehead atoms. The van der Waals surface area contributed by atoms with Gasteiger partial charge < -0.3 is 14.6 Å². The van der Waals surface area contributed by atoms with Gasteiger partial charge in [0.05, 0.1) is 19.8 Å². The van der Waals surface area contributed by atoms with Crippen molar-refractivity contribution in [1.82, 2.24) is 4.90 Å². The quantitative estimate of drug-likeness (QED) is 0.802. The van der Waals surface area contributed by atoms with Crippen LogP contribution in [0.5, 0.6) is 11.5 Å². The average molecular weight is 235 g/mol. The molecule has 1 aromatic rings. The molecule has 0 amide bonds. The Morgan fingerprint density at radius 3 is 2.82 bits per heavy atom. The highest BCUT2D eigenvalue weighted by atomic mass is 16.5. The SMILES string of the molecule is Oc1cccc2c1OCCC2N1CCOCC1. The first-order valence-corrected chi connectivity index (χ1v) is 6.13. The molecule has 0 radical (unpaired) electrons. The van der Waals surface area contributed by atoms with E-state index in [0.717, 1.165) is 38.3 Å². The molecule has 92 valence electrons. The Kier molecular flexibility index (Phi) is 2.91. The minimum Gasteiger partial charge on any atom is -0.504 e. The van der Waals surface area contributed by atoms with Gasteiger partial charge in [-0.2, -0.15) is 0 Å². The monoisotopic (exact) mass is 235 g/mol. The van der Waals surface area contributed by atoms with E-state index in [0.29, 0.717) is 18.4 Å². The van der Waals surface area contributed by atoms with Crippen LogP contribution in [-0.4, -0.2) is 42.9 Å². The van der Waals surface area contributed by atoms with Crippen LogP contribution in [0.15, 0.2) is 18.2 Å². The number of fused-ring (bicyclic) bond motifs is 1. The van der Waals surface area contributed by atoms with Crippen LogP contribution in [-0.2, 0) is 4.74 Å². The number of morpholine rings is 1. The smallest absolute Gasteiger partial charge is 0.165 e. The Bertz CT molecular complexity index is 402. The number of hydrogen-bond acceptors (Lipinski definition) is 4. The van der Waals surface area contributed by atoms with Crippen molar-refractivity contribution in [1.29, 1.82) is 0 Å². The third-order valence-electron chi connectivity index (χ3n) is 3.51. The Morgan fingerprint density at radius 1 is 1.18 bits per heavy atom. The lowest BCUT2D eigenvalue weighted by Crippen LogP contribution is -2.40. The number of para-hydroxylation sites is 1. The highest BCUT2D eigenvalue weighted by Crippen LogP contribution is 2.41. The van der Waals surface area contributed by atoms with E-state index in [9.17, 15) is 5.11 Å². The minimum atomic E-state index is 0.250. The van der Waals surface area contributed by atoms with Gasteiger partial charge in [0.15, 0.2) is 11.5 Å². The summed E-state index contributed by atoms with van der Waals surface area (Å²) < 4.78 is 10.9. The van der Waals surface area contributed by atoms with E-state index >= 15 is 0 Å². The second-order valence-electron chi connectivity index (χ2n) is 4.50. The maximum absolute atomic E-state index is 9.80. The van der Waals surface area contributed by atoms with Crippen molar-refractivity contribution in [3.63, 3.8) is 0 Å². The standard InChI is InChI=1S/C13H17NO3/c15-12-3-1-2-10-11(4-7-17-13(10)12)14-5-8-16-9-6-14/h1-3,11,15H,4-9H2. The Balaban J connectivity index is 1.90. The molecular formula is C13H17NO3. The average Bonchev–Trinajstić information content (AvgIpc) is 2.40. The topological polar surface area (TPSA) is 41.9 Å². The molecule has 1 unspecified atom stereocenters. The third-order valence-corrected chi connectivity index (χ3v) is 3.51. The molecule has 1 N–H and O–H groups in total. The van der Waals surface area contributed by atoms with Crippen LogP contribution in [0.1, 0.15) is 18.0 Å². The van der Waals surface area contributed by atoms with E-state index in [1.54, 1.807) is 6.07 Å². The summed E-state index contributed by atoms with van der Waals surface area (Å²) in [5.41, 5.74) is 1.11. The molecule has 0 spiro atoms. The van der Waals surface area contributed by atoms with Gasteiger partial charge in [0.2, 0.25) is 0 Å². The van der Waals surface area contributed by atoms with Crippen LogP contribution < -0.4 is 4.74 Å². The molecule has 1 aromatic carbocycles. The summed E-state index contributed by atoms with van der Waals surface area (Å²) in [5.74, 6) is 0.913. The summed E-state index contributed by atoms with van der Waals surface area (Å²) >= 11 is 0. The Labute approximate surface area is 101 Å². The molecule has 1 saturated heterocycles. The molecule has 4 nitrogen and oxygen atoms in total. The zero-order valence-electron chi connectivity index (χ0n) is 9.76. The highest BCUT2D eigenvalue weighted by Gasteiger charge is 2.29. The number of hydrogen-bond donors (Lipinski definition) is 1. The molecule has 4 heteroatoms. The third kappa shape index (κ3) is 1.98. The van der Waals surface area contributed by atoms with E-state index < -0.39 is 0 Å². The molecule has 2 heterocycles. The molecule has 0 aliphatic carbocycles. The van der Waals surface area contributed by atoms with E-state index in [1.807, 2.05) is 12.1 Å². The molecule has 1 fully saturated rings. The van der Waals surface area contributed by atoms with Gasteiger partial charge in [0.1, 0.15) is 0 Å². The molecule has 0 aromatic heterocycles. The molecular weight excluding hydrogens is 218 g/mol. The first-order chi connectivity index (χ1) is 8.36. The van der Waals surface area contributed by atoms with Gasteiger partial charge in [0.25, 0.3) is 0 Å². The summed E-state index contributed by atoms with van der Waals surface area (Å²) in [6, 6.07) is 5.97. The van der Waals surface area contributed by atoms with Crippen molar-refractivity contribution in [2.75, 3.05) is 32.9 Å². The maximum Gasteiger partial charge on any atom is 0.165 e. The number of benzene rings is 1. The van der Waals surface area contributed by atoms with Crippen molar-refractivity contribution in [3.05, 3.63) is 23.8 Å². The highest BCUT2D eigenvalue weighted by molar-refractivity contribution is 5.48.